The molecule has 158 valence electrons. The summed E-state index contributed by atoms with van der Waals surface area (Å²) >= 11 is 0. The average molecular weight is 412 g/mol. The van der Waals surface area contributed by atoms with Crippen LogP contribution in [0.5, 0.6) is 0 Å². The van der Waals surface area contributed by atoms with Crippen molar-refractivity contribution in [2.24, 2.45) is 10.8 Å². The van der Waals surface area contributed by atoms with Gasteiger partial charge in [0.15, 0.2) is 5.78 Å². The van der Waals surface area contributed by atoms with Gasteiger partial charge in [-0.25, -0.2) is 4.98 Å². The second kappa shape index (κ2) is 7.42. The van der Waals surface area contributed by atoms with Crippen LogP contribution in [0.3, 0.4) is 0 Å². The monoisotopic (exact) mass is 412 g/mol. The van der Waals surface area contributed by atoms with E-state index in [9.17, 15) is 18.4 Å². The zero-order valence-corrected chi connectivity index (χ0v) is 17.8. The third kappa shape index (κ3) is 4.04. The summed E-state index contributed by atoms with van der Waals surface area (Å²) < 4.78 is 29.6. The highest BCUT2D eigenvalue weighted by Gasteiger charge is 2.48. The lowest BCUT2D eigenvalue weighted by atomic mass is 9.79. The van der Waals surface area contributed by atoms with Crippen molar-refractivity contribution in [3.63, 3.8) is 0 Å². The van der Waals surface area contributed by atoms with Gasteiger partial charge in [-0.2, -0.15) is 8.78 Å². The smallest absolute Gasteiger partial charge is 0.331 e. The quantitative estimate of drug-likeness (QED) is 0.527. The number of hydrogen-bond donors (Lipinski definition) is 1. The fourth-order valence-electron chi connectivity index (χ4n) is 3.47. The lowest BCUT2D eigenvalue weighted by Crippen LogP contribution is -2.39. The number of halogens is 2. The number of nitrogens with one attached hydrogen (secondary N) is 1. The number of H-pyrrole nitrogens is 1. The van der Waals surface area contributed by atoms with Gasteiger partial charge in [0.2, 0.25) is 5.78 Å². The Balaban J connectivity index is 1.88. The number of carbonyl (C=O) groups is 2. The Morgan fingerprint density at radius 1 is 0.967 bits per heavy atom. The number of benzene rings is 1. The molecule has 1 aromatic carbocycles. The molecule has 0 radical (unpaired) electrons. The van der Waals surface area contributed by atoms with Crippen LogP contribution in [0.15, 0.2) is 48.7 Å². The summed E-state index contributed by atoms with van der Waals surface area (Å²) in [6, 6.07) is 10.6. The average Bonchev–Trinajstić information content (AvgIpc) is 3.09. The lowest BCUT2D eigenvalue weighted by Gasteiger charge is -2.28. The molecule has 0 aliphatic rings. The van der Waals surface area contributed by atoms with Crippen LogP contribution in [0.4, 0.5) is 8.78 Å². The minimum absolute atomic E-state index is 0.0127. The van der Waals surface area contributed by atoms with Gasteiger partial charge in [-0.05, 0) is 12.1 Å². The third-order valence-electron chi connectivity index (χ3n) is 5.18. The van der Waals surface area contributed by atoms with Gasteiger partial charge in [-0.3, -0.25) is 9.59 Å². The second-order valence-electron chi connectivity index (χ2n) is 9.31. The summed E-state index contributed by atoms with van der Waals surface area (Å²) in [6.07, 6.45) is 1.67. The van der Waals surface area contributed by atoms with Crippen LogP contribution in [0.1, 0.15) is 56.2 Å². The normalized spacial score (nSPS) is 12.9. The van der Waals surface area contributed by atoms with Gasteiger partial charge in [0.05, 0.1) is 0 Å². The predicted octanol–water partition coefficient (Wildman–Crippen LogP) is 5.72. The molecule has 0 saturated carbocycles. The summed E-state index contributed by atoms with van der Waals surface area (Å²) in [7, 11) is 0. The van der Waals surface area contributed by atoms with Crippen molar-refractivity contribution in [2.75, 3.05) is 0 Å². The van der Waals surface area contributed by atoms with E-state index in [-0.39, 0.29) is 17.8 Å². The van der Waals surface area contributed by atoms with Crippen molar-refractivity contribution < 1.29 is 18.4 Å². The van der Waals surface area contributed by atoms with Crippen molar-refractivity contribution in [3.8, 4) is 0 Å². The molecule has 2 heterocycles. The highest BCUT2D eigenvalue weighted by atomic mass is 19.3. The molecule has 0 spiro atoms. The molecule has 2 aromatic heterocycles. The number of aromatic amines is 1. The van der Waals surface area contributed by atoms with E-state index in [4.69, 9.17) is 0 Å². The summed E-state index contributed by atoms with van der Waals surface area (Å²) in [5.74, 6) is -4.76. The van der Waals surface area contributed by atoms with Crippen molar-refractivity contribution in [1.82, 2.24) is 9.97 Å². The van der Waals surface area contributed by atoms with E-state index < -0.39 is 22.5 Å². The van der Waals surface area contributed by atoms with Gasteiger partial charge in [0, 0.05) is 45.7 Å². The molecule has 1 N–H and O–H groups in total. The predicted molar refractivity (Wildman–Crippen MR) is 113 cm³/mol. The Hall–Kier alpha value is -2.89. The fourth-order valence-corrected chi connectivity index (χ4v) is 3.47. The Labute approximate surface area is 174 Å². The van der Waals surface area contributed by atoms with Crippen LogP contribution >= 0.6 is 0 Å². The van der Waals surface area contributed by atoms with Gasteiger partial charge < -0.3 is 4.98 Å². The van der Waals surface area contributed by atoms with Crippen molar-refractivity contribution in [3.05, 3.63) is 65.5 Å². The standard InChI is InChI=1S/C24H26F2N2O2/c1-22(2,3)19(29)18-14-27-20-17(18)12-11-16(28-20)13-23(4,5)21(30)24(25,26)15-9-7-6-8-10-15/h6-12,14H,13H2,1-5H3,(H,27,28). The van der Waals surface area contributed by atoms with Crippen molar-refractivity contribution >= 4 is 22.6 Å². The van der Waals surface area contributed by atoms with E-state index in [0.29, 0.717) is 22.3 Å². The summed E-state index contributed by atoms with van der Waals surface area (Å²) in [6.45, 7) is 8.54. The Morgan fingerprint density at radius 3 is 2.20 bits per heavy atom. The zero-order valence-electron chi connectivity index (χ0n) is 17.8. The minimum atomic E-state index is -3.59. The molecule has 0 amide bonds. The number of pyridine rings is 1. The molecular weight excluding hydrogens is 386 g/mol. The van der Waals surface area contributed by atoms with E-state index >= 15 is 0 Å². The second-order valence-corrected chi connectivity index (χ2v) is 9.31. The van der Waals surface area contributed by atoms with E-state index in [0.717, 1.165) is 0 Å². The van der Waals surface area contributed by atoms with Gasteiger partial charge in [0.1, 0.15) is 5.65 Å². The zero-order chi connectivity index (χ0) is 22.3. The summed E-state index contributed by atoms with van der Waals surface area (Å²) in [5.41, 5.74) is -0.648. The topological polar surface area (TPSA) is 62.8 Å². The number of aromatic nitrogens is 2. The molecule has 0 aliphatic heterocycles. The van der Waals surface area contributed by atoms with Crippen LogP contribution < -0.4 is 0 Å². The number of hydrogen-bond acceptors (Lipinski definition) is 3. The minimum Gasteiger partial charge on any atom is -0.345 e. The number of alkyl halides is 2. The lowest BCUT2D eigenvalue weighted by molar-refractivity contribution is -0.154. The molecule has 3 rings (SSSR count). The van der Waals surface area contributed by atoms with Crippen LogP contribution in [-0.4, -0.2) is 21.5 Å². The molecule has 0 aliphatic carbocycles. The van der Waals surface area contributed by atoms with E-state index in [1.54, 1.807) is 24.4 Å². The maximum atomic E-state index is 14.8. The van der Waals surface area contributed by atoms with Gasteiger partial charge in [-0.15, -0.1) is 0 Å². The first kappa shape index (κ1) is 21.8. The van der Waals surface area contributed by atoms with Crippen LogP contribution in [0.2, 0.25) is 0 Å². The first-order valence-corrected chi connectivity index (χ1v) is 9.84. The molecule has 6 heteroatoms. The number of fused-ring (bicyclic) bond motifs is 1. The molecule has 0 atom stereocenters. The van der Waals surface area contributed by atoms with E-state index in [2.05, 4.69) is 9.97 Å². The Kier molecular flexibility index (Phi) is 5.39. The molecule has 0 saturated heterocycles. The fraction of sp³-hybridized carbons (Fsp3) is 0.375. The van der Waals surface area contributed by atoms with Gasteiger partial charge in [0.25, 0.3) is 0 Å². The Morgan fingerprint density at radius 2 is 1.60 bits per heavy atom. The van der Waals surface area contributed by atoms with Gasteiger partial charge >= 0.3 is 5.92 Å². The van der Waals surface area contributed by atoms with E-state index in [1.165, 1.54) is 38.1 Å². The largest absolute Gasteiger partial charge is 0.345 e. The number of nitrogens with zero attached hydrogens (tertiary/aromatic N) is 1. The van der Waals surface area contributed by atoms with Crippen molar-refractivity contribution in [1.29, 1.82) is 0 Å². The Bertz CT molecular complexity index is 1090. The van der Waals surface area contributed by atoms with Crippen LogP contribution in [0.25, 0.3) is 11.0 Å². The molecule has 0 fully saturated rings. The molecular formula is C24H26F2N2O2. The SMILES string of the molecule is CC(C)(C)C(=O)c1c[nH]c2nc(CC(C)(C)C(=O)C(F)(F)c3ccccc3)ccc12. The summed E-state index contributed by atoms with van der Waals surface area (Å²) in [5, 5.41) is 0.678. The summed E-state index contributed by atoms with van der Waals surface area (Å²) in [4.78, 5) is 32.8. The number of ketones is 2. The van der Waals surface area contributed by atoms with E-state index in [1.807, 2.05) is 20.8 Å². The number of carbonyl (C=O) groups excluding carboxylic acids is 2. The molecule has 0 unspecified atom stereocenters. The third-order valence-corrected chi connectivity index (χ3v) is 5.18. The maximum Gasteiger partial charge on any atom is 0.331 e. The highest BCUT2D eigenvalue weighted by molar-refractivity contribution is 6.09. The number of rotatable bonds is 6. The van der Waals surface area contributed by atoms with Crippen LogP contribution in [-0.2, 0) is 17.1 Å². The number of Topliss-reactive ketones (excluding diaryl/α,β-unsaturated/α-hetero) is 2. The van der Waals surface area contributed by atoms with Gasteiger partial charge in [-0.1, -0.05) is 65.0 Å². The molecule has 3 aromatic rings. The molecule has 30 heavy (non-hydrogen) atoms. The molecule has 4 nitrogen and oxygen atoms in total. The van der Waals surface area contributed by atoms with Crippen molar-refractivity contribution in [2.45, 2.75) is 47.0 Å². The van der Waals surface area contributed by atoms with Crippen LogP contribution in [0, 0.1) is 10.8 Å². The molecule has 0 bridgehead atoms. The maximum absolute atomic E-state index is 14.8. The first-order valence-electron chi connectivity index (χ1n) is 9.84. The highest BCUT2D eigenvalue weighted by Crippen LogP contribution is 2.38. The first-order chi connectivity index (χ1) is 13.8.